The predicted molar refractivity (Wildman–Crippen MR) is 118 cm³/mol. The summed E-state index contributed by atoms with van der Waals surface area (Å²) >= 11 is 0. The van der Waals surface area contributed by atoms with Crippen LogP contribution < -0.4 is 10.0 Å². The number of carbonyl (C=O) groups is 1. The number of hydrogen-bond donors (Lipinski definition) is 2. The number of fused-ring (bicyclic) bond motifs is 1. The maximum absolute atomic E-state index is 12.3. The van der Waals surface area contributed by atoms with Gasteiger partial charge in [0.1, 0.15) is 0 Å². The number of nitrogens with one attached hydrogen (secondary N) is 2. The lowest BCUT2D eigenvalue weighted by atomic mass is 9.99. The zero-order valence-electron chi connectivity index (χ0n) is 16.2. The fourth-order valence-electron chi connectivity index (χ4n) is 3.11. The van der Waals surface area contributed by atoms with E-state index < -0.39 is 10.0 Å². The summed E-state index contributed by atoms with van der Waals surface area (Å²) < 4.78 is 26.5. The minimum absolute atomic E-state index is 0.0373. The Morgan fingerprint density at radius 3 is 2.45 bits per heavy atom. The molecule has 0 aliphatic heterocycles. The maximum Gasteiger partial charge on any atom is 0.233 e. The molecule has 0 bridgehead atoms. The van der Waals surface area contributed by atoms with Gasteiger partial charge in [-0.15, -0.1) is 0 Å². The molecule has 0 spiro atoms. The first-order chi connectivity index (χ1) is 13.9. The van der Waals surface area contributed by atoms with Crippen LogP contribution in [-0.4, -0.2) is 20.9 Å². The molecule has 3 rings (SSSR count). The highest BCUT2D eigenvalue weighted by Crippen LogP contribution is 2.24. The molecule has 3 aromatic carbocycles. The number of hydrogen-bond acceptors (Lipinski definition) is 3. The fraction of sp³-hybridized carbons (Fsp3) is 0.174. The fourth-order valence-corrected chi connectivity index (χ4v) is 3.93. The number of benzene rings is 3. The first-order valence-corrected chi connectivity index (χ1v) is 11.0. The molecule has 0 saturated heterocycles. The van der Waals surface area contributed by atoms with Crippen molar-refractivity contribution in [1.29, 1.82) is 0 Å². The summed E-state index contributed by atoms with van der Waals surface area (Å²) in [7, 11) is -3.60. The van der Waals surface area contributed by atoms with Gasteiger partial charge in [0, 0.05) is 18.4 Å². The van der Waals surface area contributed by atoms with Crippen LogP contribution in [-0.2, 0) is 14.8 Å². The highest BCUT2D eigenvalue weighted by atomic mass is 32.2. The van der Waals surface area contributed by atoms with E-state index in [1.165, 1.54) is 6.08 Å². The lowest BCUT2D eigenvalue weighted by molar-refractivity contribution is -0.121. The van der Waals surface area contributed by atoms with E-state index in [1.54, 1.807) is 0 Å². The molecule has 0 aliphatic rings. The number of carbonyl (C=O) groups excluding carboxylic acids is 1. The van der Waals surface area contributed by atoms with Crippen molar-refractivity contribution >= 4 is 32.8 Å². The van der Waals surface area contributed by atoms with E-state index in [-0.39, 0.29) is 24.9 Å². The highest BCUT2D eigenvalue weighted by Gasteiger charge is 2.13. The van der Waals surface area contributed by atoms with Crippen LogP contribution in [0.3, 0.4) is 0 Å². The lowest BCUT2D eigenvalue weighted by Crippen LogP contribution is -2.31. The van der Waals surface area contributed by atoms with E-state index >= 15 is 0 Å². The Labute approximate surface area is 171 Å². The summed E-state index contributed by atoms with van der Waals surface area (Å²) in [6.07, 6.45) is 1.58. The van der Waals surface area contributed by atoms with Crippen LogP contribution in [0.2, 0.25) is 0 Å². The van der Waals surface area contributed by atoms with Crippen LogP contribution >= 0.6 is 0 Å². The van der Waals surface area contributed by atoms with Gasteiger partial charge in [0.25, 0.3) is 0 Å². The van der Waals surface area contributed by atoms with E-state index in [9.17, 15) is 13.2 Å². The van der Waals surface area contributed by atoms with Gasteiger partial charge in [0.05, 0.1) is 6.04 Å². The molecule has 1 unspecified atom stereocenters. The van der Waals surface area contributed by atoms with Crippen LogP contribution in [0.4, 0.5) is 0 Å². The predicted octanol–water partition coefficient (Wildman–Crippen LogP) is 4.00. The van der Waals surface area contributed by atoms with Crippen molar-refractivity contribution in [1.82, 2.24) is 10.0 Å². The summed E-state index contributed by atoms with van der Waals surface area (Å²) in [6.45, 7) is 1.96. The second-order valence-corrected chi connectivity index (χ2v) is 8.41. The Hall–Kier alpha value is -2.96. The van der Waals surface area contributed by atoms with Gasteiger partial charge in [-0.25, -0.2) is 13.1 Å². The van der Waals surface area contributed by atoms with Crippen molar-refractivity contribution in [3.05, 3.63) is 89.3 Å². The molecule has 6 heteroatoms. The van der Waals surface area contributed by atoms with Gasteiger partial charge >= 0.3 is 0 Å². The van der Waals surface area contributed by atoms with Crippen LogP contribution in [0.25, 0.3) is 16.8 Å². The number of rotatable bonds is 8. The van der Waals surface area contributed by atoms with Crippen molar-refractivity contribution in [2.24, 2.45) is 0 Å². The highest BCUT2D eigenvalue weighted by molar-refractivity contribution is 7.92. The molecule has 0 aliphatic carbocycles. The van der Waals surface area contributed by atoms with Crippen molar-refractivity contribution in [3.8, 4) is 0 Å². The summed E-state index contributed by atoms with van der Waals surface area (Å²) in [5.74, 6) is -0.208. The van der Waals surface area contributed by atoms with Gasteiger partial charge in [-0.2, -0.15) is 0 Å². The van der Waals surface area contributed by atoms with Gasteiger partial charge in [-0.05, 0) is 34.9 Å². The van der Waals surface area contributed by atoms with Crippen LogP contribution in [0.15, 0.2) is 78.2 Å². The molecule has 3 aromatic rings. The molecule has 150 valence electrons. The number of sulfonamides is 1. The van der Waals surface area contributed by atoms with Crippen molar-refractivity contribution < 1.29 is 13.2 Å². The van der Waals surface area contributed by atoms with Gasteiger partial charge in [-0.1, -0.05) is 72.8 Å². The van der Waals surface area contributed by atoms with Crippen molar-refractivity contribution in [2.75, 3.05) is 6.54 Å². The average Bonchev–Trinajstić information content (AvgIpc) is 2.72. The SMILES string of the molecule is CC(NC(=O)CCNS(=O)(=O)/C=C/c1ccccc1)c1cccc2ccccc12. The van der Waals surface area contributed by atoms with Crippen LogP contribution in [0, 0.1) is 0 Å². The topological polar surface area (TPSA) is 75.3 Å². The maximum atomic E-state index is 12.3. The van der Waals surface area contributed by atoms with E-state index in [0.29, 0.717) is 0 Å². The third-order valence-corrected chi connectivity index (χ3v) is 5.66. The minimum Gasteiger partial charge on any atom is -0.350 e. The van der Waals surface area contributed by atoms with E-state index in [1.807, 2.05) is 79.7 Å². The minimum atomic E-state index is -3.60. The molecule has 0 fully saturated rings. The van der Waals surface area contributed by atoms with E-state index in [4.69, 9.17) is 0 Å². The molecular formula is C23H24N2O3S. The van der Waals surface area contributed by atoms with E-state index in [2.05, 4.69) is 10.0 Å². The first-order valence-electron chi connectivity index (χ1n) is 9.44. The Morgan fingerprint density at radius 1 is 0.966 bits per heavy atom. The summed E-state index contributed by atoms with van der Waals surface area (Å²) in [4.78, 5) is 12.3. The molecule has 0 saturated carbocycles. The average molecular weight is 409 g/mol. The molecule has 0 radical (unpaired) electrons. The Kier molecular flexibility index (Phi) is 6.80. The zero-order valence-corrected chi connectivity index (χ0v) is 17.0. The molecule has 1 atom stereocenters. The van der Waals surface area contributed by atoms with Gasteiger partial charge in [0.15, 0.2) is 0 Å². The third-order valence-electron chi connectivity index (χ3n) is 4.56. The van der Waals surface area contributed by atoms with Gasteiger partial charge in [0.2, 0.25) is 15.9 Å². The lowest BCUT2D eigenvalue weighted by Gasteiger charge is -2.16. The second kappa shape index (κ2) is 9.49. The molecule has 5 nitrogen and oxygen atoms in total. The van der Waals surface area contributed by atoms with Gasteiger partial charge < -0.3 is 5.32 Å². The van der Waals surface area contributed by atoms with Crippen molar-refractivity contribution in [3.63, 3.8) is 0 Å². The van der Waals surface area contributed by atoms with E-state index in [0.717, 1.165) is 27.3 Å². The Morgan fingerprint density at radius 2 is 1.66 bits per heavy atom. The largest absolute Gasteiger partial charge is 0.350 e. The monoisotopic (exact) mass is 408 g/mol. The smallest absolute Gasteiger partial charge is 0.233 e. The van der Waals surface area contributed by atoms with Crippen LogP contribution in [0.5, 0.6) is 0 Å². The summed E-state index contributed by atoms with van der Waals surface area (Å²) in [5.41, 5.74) is 1.82. The summed E-state index contributed by atoms with van der Waals surface area (Å²) in [6, 6.07) is 23.0. The zero-order chi connectivity index (χ0) is 20.7. The second-order valence-electron chi connectivity index (χ2n) is 6.76. The molecular weight excluding hydrogens is 384 g/mol. The standard InChI is InChI=1S/C23H24N2O3S/c1-18(21-13-7-11-20-10-5-6-12-22(20)21)25-23(26)14-16-24-29(27,28)17-15-19-8-3-2-4-9-19/h2-13,15,17-18,24H,14,16H2,1H3,(H,25,26)/b17-15+. The Bertz CT molecular complexity index is 1100. The van der Waals surface area contributed by atoms with Crippen LogP contribution in [0.1, 0.15) is 30.5 Å². The molecule has 2 N–H and O–H groups in total. The van der Waals surface area contributed by atoms with Crippen molar-refractivity contribution in [2.45, 2.75) is 19.4 Å². The quantitative estimate of drug-likeness (QED) is 0.592. The Balaban J connectivity index is 1.52. The first kappa shape index (κ1) is 20.8. The number of amides is 1. The molecule has 0 heterocycles. The molecule has 29 heavy (non-hydrogen) atoms. The third kappa shape index (κ3) is 6.01. The normalized spacial score (nSPS) is 12.9. The molecule has 1 amide bonds. The van der Waals surface area contributed by atoms with Gasteiger partial charge in [-0.3, -0.25) is 4.79 Å². The summed E-state index contributed by atoms with van der Waals surface area (Å²) in [5, 5.41) is 6.26. The molecule has 0 aromatic heterocycles.